The van der Waals surface area contributed by atoms with Gasteiger partial charge in [0.1, 0.15) is 0 Å². The van der Waals surface area contributed by atoms with E-state index in [4.69, 9.17) is 0 Å². The molecule has 0 spiro atoms. The molecule has 0 aliphatic rings. The van der Waals surface area contributed by atoms with Crippen LogP contribution in [0.5, 0.6) is 0 Å². The van der Waals surface area contributed by atoms with Crippen LogP contribution >= 0.6 is 11.3 Å². The molecule has 0 aliphatic carbocycles. The minimum Gasteiger partial charge on any atom is -0.352 e. The van der Waals surface area contributed by atoms with E-state index in [0.717, 1.165) is 16.8 Å². The Morgan fingerprint density at radius 1 is 1.11 bits per heavy atom. The zero-order valence-corrected chi connectivity index (χ0v) is 16.0. The van der Waals surface area contributed by atoms with Crippen LogP contribution in [0.1, 0.15) is 27.9 Å². The average molecular weight is 380 g/mol. The molecule has 0 saturated heterocycles. The highest BCUT2D eigenvalue weighted by Gasteiger charge is 2.11. The van der Waals surface area contributed by atoms with Crippen molar-refractivity contribution in [1.29, 1.82) is 0 Å². The minimum absolute atomic E-state index is 0.176. The fourth-order valence-electron chi connectivity index (χ4n) is 2.63. The third kappa shape index (κ3) is 4.98. The third-order valence-electron chi connectivity index (χ3n) is 3.99. The molecule has 0 aliphatic heterocycles. The van der Waals surface area contributed by atoms with Crippen LogP contribution in [0, 0.1) is 13.8 Å². The standard InChI is InChI=1S/C20H20N4O2S/c1-13-3-4-16(14(2)11-13)17-12-27-20(23-17)24-18(25)7-10-22-19(26)15-5-8-21-9-6-15/h3-6,8-9,11-12H,7,10H2,1-2H3,(H,22,26)(H,23,24,25). The Bertz CT molecular complexity index is 954. The van der Waals surface area contributed by atoms with E-state index in [-0.39, 0.29) is 24.8 Å². The Hall–Kier alpha value is -3.06. The highest BCUT2D eigenvalue weighted by molar-refractivity contribution is 7.14. The second-order valence-electron chi connectivity index (χ2n) is 6.15. The van der Waals surface area contributed by atoms with Crippen LogP contribution in [-0.2, 0) is 4.79 Å². The highest BCUT2D eigenvalue weighted by atomic mass is 32.1. The molecule has 27 heavy (non-hydrogen) atoms. The lowest BCUT2D eigenvalue weighted by Crippen LogP contribution is -2.27. The lowest BCUT2D eigenvalue weighted by atomic mass is 10.0. The van der Waals surface area contributed by atoms with Crippen LogP contribution in [0.25, 0.3) is 11.3 Å². The van der Waals surface area contributed by atoms with Gasteiger partial charge in [0.2, 0.25) is 5.91 Å². The number of hydrogen-bond donors (Lipinski definition) is 2. The number of amides is 2. The molecule has 0 unspecified atom stereocenters. The van der Waals surface area contributed by atoms with E-state index in [9.17, 15) is 9.59 Å². The molecule has 2 aromatic heterocycles. The Morgan fingerprint density at radius 2 is 1.89 bits per heavy atom. The quantitative estimate of drug-likeness (QED) is 0.685. The van der Waals surface area contributed by atoms with Crippen molar-refractivity contribution >= 4 is 28.3 Å². The molecule has 1 aromatic carbocycles. The molecule has 0 saturated carbocycles. The van der Waals surface area contributed by atoms with Gasteiger partial charge in [-0.1, -0.05) is 23.8 Å². The highest BCUT2D eigenvalue weighted by Crippen LogP contribution is 2.28. The number of aromatic nitrogens is 2. The first-order valence-electron chi connectivity index (χ1n) is 8.54. The first kappa shape index (κ1) is 18.7. The molecule has 2 N–H and O–H groups in total. The summed E-state index contributed by atoms with van der Waals surface area (Å²) in [6.45, 7) is 4.35. The number of aryl methyl sites for hydroxylation is 2. The van der Waals surface area contributed by atoms with Crippen molar-refractivity contribution in [2.24, 2.45) is 0 Å². The Morgan fingerprint density at radius 3 is 2.63 bits per heavy atom. The summed E-state index contributed by atoms with van der Waals surface area (Å²) < 4.78 is 0. The van der Waals surface area contributed by atoms with Crippen LogP contribution in [0.3, 0.4) is 0 Å². The number of carbonyl (C=O) groups is 2. The fraction of sp³-hybridized carbons (Fsp3) is 0.200. The topological polar surface area (TPSA) is 84.0 Å². The zero-order chi connectivity index (χ0) is 19.2. The molecule has 0 atom stereocenters. The number of pyridine rings is 1. The van der Waals surface area contributed by atoms with E-state index in [1.807, 2.05) is 24.4 Å². The summed E-state index contributed by atoms with van der Waals surface area (Å²) in [6.07, 6.45) is 3.28. The van der Waals surface area contributed by atoms with Crippen LogP contribution in [0.2, 0.25) is 0 Å². The Labute approximate surface area is 161 Å². The van der Waals surface area contributed by atoms with Gasteiger partial charge in [-0.2, -0.15) is 0 Å². The van der Waals surface area contributed by atoms with Gasteiger partial charge in [0.25, 0.3) is 5.91 Å². The molecule has 3 aromatic rings. The Kier molecular flexibility index (Phi) is 5.93. The number of carbonyl (C=O) groups excluding carboxylic acids is 2. The van der Waals surface area contributed by atoms with Crippen molar-refractivity contribution in [2.75, 3.05) is 11.9 Å². The van der Waals surface area contributed by atoms with Crippen LogP contribution in [0.15, 0.2) is 48.1 Å². The molecule has 6 nitrogen and oxygen atoms in total. The van der Waals surface area contributed by atoms with Crippen LogP contribution < -0.4 is 10.6 Å². The molecule has 0 fully saturated rings. The predicted molar refractivity (Wildman–Crippen MR) is 107 cm³/mol. The van der Waals surface area contributed by atoms with Gasteiger partial charge in [-0.3, -0.25) is 14.6 Å². The Balaban J connectivity index is 1.51. The van der Waals surface area contributed by atoms with Gasteiger partial charge in [-0.05, 0) is 31.5 Å². The maximum Gasteiger partial charge on any atom is 0.251 e. The van der Waals surface area contributed by atoms with E-state index in [1.54, 1.807) is 24.5 Å². The van der Waals surface area contributed by atoms with Crippen molar-refractivity contribution in [3.63, 3.8) is 0 Å². The largest absolute Gasteiger partial charge is 0.352 e. The molecule has 3 rings (SSSR count). The summed E-state index contributed by atoms with van der Waals surface area (Å²) in [5, 5.41) is 7.98. The number of nitrogens with zero attached hydrogens (tertiary/aromatic N) is 2. The second-order valence-corrected chi connectivity index (χ2v) is 7.00. The number of benzene rings is 1. The molecule has 7 heteroatoms. The second kappa shape index (κ2) is 8.55. The number of rotatable bonds is 6. The molecule has 138 valence electrons. The van der Waals surface area contributed by atoms with E-state index < -0.39 is 0 Å². The van der Waals surface area contributed by atoms with Gasteiger partial charge in [0, 0.05) is 41.9 Å². The number of nitrogens with one attached hydrogen (secondary N) is 2. The monoisotopic (exact) mass is 380 g/mol. The fourth-order valence-corrected chi connectivity index (χ4v) is 3.36. The van der Waals surface area contributed by atoms with Crippen molar-refractivity contribution in [1.82, 2.24) is 15.3 Å². The lowest BCUT2D eigenvalue weighted by molar-refractivity contribution is -0.116. The van der Waals surface area contributed by atoms with Gasteiger partial charge >= 0.3 is 0 Å². The minimum atomic E-state index is -0.225. The average Bonchev–Trinajstić information content (AvgIpc) is 3.10. The summed E-state index contributed by atoms with van der Waals surface area (Å²) >= 11 is 1.38. The number of hydrogen-bond acceptors (Lipinski definition) is 5. The first-order valence-corrected chi connectivity index (χ1v) is 9.42. The molecule has 0 radical (unpaired) electrons. The predicted octanol–water partition coefficient (Wildman–Crippen LogP) is 3.58. The zero-order valence-electron chi connectivity index (χ0n) is 15.2. The van der Waals surface area contributed by atoms with E-state index >= 15 is 0 Å². The molecular weight excluding hydrogens is 360 g/mol. The van der Waals surface area contributed by atoms with Crippen molar-refractivity contribution in [3.8, 4) is 11.3 Å². The van der Waals surface area contributed by atoms with Crippen LogP contribution in [-0.4, -0.2) is 28.3 Å². The van der Waals surface area contributed by atoms with Gasteiger partial charge in [-0.15, -0.1) is 11.3 Å². The summed E-state index contributed by atoms with van der Waals surface area (Å²) in [5.41, 5.74) is 4.77. The molecular formula is C20H20N4O2S. The van der Waals surface area contributed by atoms with Gasteiger partial charge in [-0.25, -0.2) is 4.98 Å². The summed E-state index contributed by atoms with van der Waals surface area (Å²) in [6, 6.07) is 9.45. The summed E-state index contributed by atoms with van der Waals surface area (Å²) in [5.74, 6) is -0.414. The van der Waals surface area contributed by atoms with E-state index in [2.05, 4.69) is 33.6 Å². The van der Waals surface area contributed by atoms with E-state index in [1.165, 1.54) is 16.9 Å². The maximum absolute atomic E-state index is 12.1. The SMILES string of the molecule is Cc1ccc(-c2csc(NC(=O)CCNC(=O)c3ccncc3)n2)c(C)c1. The number of anilines is 1. The van der Waals surface area contributed by atoms with E-state index in [0.29, 0.717) is 10.7 Å². The van der Waals surface area contributed by atoms with Crippen molar-refractivity contribution in [3.05, 3.63) is 64.8 Å². The van der Waals surface area contributed by atoms with Crippen LogP contribution in [0.4, 0.5) is 5.13 Å². The van der Waals surface area contributed by atoms with Gasteiger partial charge in [0.15, 0.2) is 5.13 Å². The molecule has 0 bridgehead atoms. The van der Waals surface area contributed by atoms with Gasteiger partial charge < -0.3 is 10.6 Å². The molecule has 2 heterocycles. The smallest absolute Gasteiger partial charge is 0.251 e. The van der Waals surface area contributed by atoms with Crippen molar-refractivity contribution < 1.29 is 9.59 Å². The molecule has 2 amide bonds. The lowest BCUT2D eigenvalue weighted by Gasteiger charge is -2.05. The number of thiazole rings is 1. The van der Waals surface area contributed by atoms with Crippen molar-refractivity contribution in [2.45, 2.75) is 20.3 Å². The summed E-state index contributed by atoms with van der Waals surface area (Å²) in [4.78, 5) is 32.4. The third-order valence-corrected chi connectivity index (χ3v) is 4.75. The normalized spacial score (nSPS) is 10.4. The summed E-state index contributed by atoms with van der Waals surface area (Å²) in [7, 11) is 0. The maximum atomic E-state index is 12.1. The first-order chi connectivity index (χ1) is 13.0. The van der Waals surface area contributed by atoms with Gasteiger partial charge in [0.05, 0.1) is 5.69 Å².